The number of nitrogens with one attached hydrogen (secondary N) is 1. The zero-order valence-corrected chi connectivity index (χ0v) is 13.7. The third kappa shape index (κ3) is 2.88. The predicted octanol–water partition coefficient (Wildman–Crippen LogP) is 2.24. The molecule has 126 valence electrons. The lowest BCUT2D eigenvalue weighted by atomic mass is 10.2. The van der Waals surface area contributed by atoms with Gasteiger partial charge in [0.05, 0.1) is 5.52 Å². The molecule has 6 heteroatoms. The number of hydrogen-bond donors (Lipinski definition) is 1. The van der Waals surface area contributed by atoms with Crippen molar-refractivity contribution in [2.45, 2.75) is 44.6 Å². The van der Waals surface area contributed by atoms with Gasteiger partial charge in [-0.2, -0.15) is 0 Å². The van der Waals surface area contributed by atoms with Crippen molar-refractivity contribution in [3.05, 3.63) is 35.9 Å². The van der Waals surface area contributed by atoms with Crippen molar-refractivity contribution >= 4 is 17.3 Å². The van der Waals surface area contributed by atoms with Crippen molar-refractivity contribution in [2.75, 3.05) is 13.1 Å². The van der Waals surface area contributed by atoms with Gasteiger partial charge in [0.2, 0.25) is 5.82 Å². The van der Waals surface area contributed by atoms with Crippen LogP contribution < -0.4 is 5.32 Å². The van der Waals surface area contributed by atoms with Gasteiger partial charge in [0.25, 0.3) is 11.8 Å². The van der Waals surface area contributed by atoms with Crippen molar-refractivity contribution in [3.63, 3.8) is 0 Å². The molecule has 0 bridgehead atoms. The van der Waals surface area contributed by atoms with Crippen LogP contribution in [0.25, 0.3) is 5.52 Å². The molecule has 0 radical (unpaired) electrons. The first-order chi connectivity index (χ1) is 11.7. The highest BCUT2D eigenvalue weighted by Gasteiger charge is 2.29. The summed E-state index contributed by atoms with van der Waals surface area (Å²) < 4.78 is 1.72. The zero-order chi connectivity index (χ0) is 16.5. The Hall–Kier alpha value is -2.37. The first kappa shape index (κ1) is 15.2. The van der Waals surface area contributed by atoms with Crippen LogP contribution in [0.5, 0.6) is 0 Å². The van der Waals surface area contributed by atoms with E-state index < -0.39 is 0 Å². The van der Waals surface area contributed by atoms with Crippen LogP contribution in [-0.2, 0) is 0 Å². The Labute approximate surface area is 140 Å². The molecule has 3 heterocycles. The van der Waals surface area contributed by atoms with Crippen LogP contribution in [0.3, 0.4) is 0 Å². The van der Waals surface area contributed by atoms with E-state index in [1.165, 1.54) is 12.8 Å². The van der Waals surface area contributed by atoms with Crippen molar-refractivity contribution in [1.82, 2.24) is 19.6 Å². The number of imidazole rings is 1. The smallest absolute Gasteiger partial charge is 0.287 e. The van der Waals surface area contributed by atoms with Crippen LogP contribution in [0, 0.1) is 0 Å². The summed E-state index contributed by atoms with van der Waals surface area (Å²) in [5.41, 5.74) is 1.09. The third-order valence-electron chi connectivity index (χ3n) is 4.76. The molecule has 0 atom stereocenters. The van der Waals surface area contributed by atoms with Gasteiger partial charge in [-0.15, -0.1) is 0 Å². The largest absolute Gasteiger partial charge is 0.347 e. The molecule has 0 aromatic carbocycles. The van der Waals surface area contributed by atoms with E-state index in [1.54, 1.807) is 10.6 Å². The number of aromatic nitrogens is 2. The topological polar surface area (TPSA) is 66.7 Å². The summed E-state index contributed by atoms with van der Waals surface area (Å²) in [6.45, 7) is 1.54. The van der Waals surface area contributed by atoms with Gasteiger partial charge in [0.1, 0.15) is 0 Å². The molecule has 1 N–H and O–H groups in total. The zero-order valence-electron chi connectivity index (χ0n) is 13.7. The Morgan fingerprint density at radius 2 is 1.83 bits per heavy atom. The summed E-state index contributed by atoms with van der Waals surface area (Å²) in [5.74, 6) is 0.0374. The van der Waals surface area contributed by atoms with Gasteiger partial charge in [0, 0.05) is 25.3 Å². The van der Waals surface area contributed by atoms with Crippen LogP contribution in [0.15, 0.2) is 24.4 Å². The molecule has 0 unspecified atom stereocenters. The maximum Gasteiger partial charge on any atom is 0.287 e. The molecule has 2 aliphatic rings. The lowest BCUT2D eigenvalue weighted by Crippen LogP contribution is -2.32. The van der Waals surface area contributed by atoms with Crippen molar-refractivity contribution in [3.8, 4) is 0 Å². The Balaban J connectivity index is 1.69. The highest BCUT2D eigenvalue weighted by Crippen LogP contribution is 2.21. The van der Waals surface area contributed by atoms with E-state index in [2.05, 4.69) is 10.3 Å². The first-order valence-corrected chi connectivity index (χ1v) is 8.81. The van der Waals surface area contributed by atoms with E-state index >= 15 is 0 Å². The summed E-state index contributed by atoms with van der Waals surface area (Å²) in [7, 11) is 0. The SMILES string of the molecule is O=C(NC1CC1)c1nc(C(=O)N2CCCCCC2)c2ccccn12. The van der Waals surface area contributed by atoms with E-state index in [0.29, 0.717) is 17.0 Å². The summed E-state index contributed by atoms with van der Waals surface area (Å²) >= 11 is 0. The number of pyridine rings is 1. The molecule has 1 aliphatic heterocycles. The van der Waals surface area contributed by atoms with Gasteiger partial charge in [-0.3, -0.25) is 14.0 Å². The van der Waals surface area contributed by atoms with E-state index in [4.69, 9.17) is 0 Å². The van der Waals surface area contributed by atoms with Crippen LogP contribution >= 0.6 is 0 Å². The van der Waals surface area contributed by atoms with Crippen molar-refractivity contribution in [2.24, 2.45) is 0 Å². The second-order valence-corrected chi connectivity index (χ2v) is 6.69. The molecule has 2 fully saturated rings. The van der Waals surface area contributed by atoms with Gasteiger partial charge < -0.3 is 10.2 Å². The normalized spacial score (nSPS) is 18.4. The van der Waals surface area contributed by atoms with Gasteiger partial charge in [-0.05, 0) is 37.8 Å². The molecule has 2 aromatic rings. The minimum Gasteiger partial charge on any atom is -0.347 e. The minimum atomic E-state index is -0.200. The molecule has 2 amide bonds. The Morgan fingerprint density at radius 1 is 1.08 bits per heavy atom. The van der Waals surface area contributed by atoms with E-state index in [0.717, 1.165) is 38.8 Å². The number of fused-ring (bicyclic) bond motifs is 1. The van der Waals surface area contributed by atoms with E-state index in [-0.39, 0.29) is 17.9 Å². The summed E-state index contributed by atoms with van der Waals surface area (Å²) in [6, 6.07) is 5.84. The fraction of sp³-hybridized carbons (Fsp3) is 0.500. The Morgan fingerprint density at radius 3 is 2.54 bits per heavy atom. The van der Waals surface area contributed by atoms with Crippen molar-refractivity contribution in [1.29, 1.82) is 0 Å². The van der Waals surface area contributed by atoms with Gasteiger partial charge in [-0.1, -0.05) is 18.9 Å². The van der Waals surface area contributed by atoms with Crippen LogP contribution in [-0.4, -0.2) is 45.2 Å². The van der Waals surface area contributed by atoms with Crippen LogP contribution in [0.2, 0.25) is 0 Å². The average molecular weight is 326 g/mol. The molecule has 2 aromatic heterocycles. The molecular formula is C18H22N4O2. The number of rotatable bonds is 3. The fourth-order valence-corrected chi connectivity index (χ4v) is 3.26. The second kappa shape index (κ2) is 6.26. The van der Waals surface area contributed by atoms with Crippen LogP contribution in [0.4, 0.5) is 0 Å². The highest BCUT2D eigenvalue weighted by molar-refractivity contribution is 6.02. The monoisotopic (exact) mass is 326 g/mol. The molecule has 4 rings (SSSR count). The molecule has 6 nitrogen and oxygen atoms in total. The average Bonchev–Trinajstić information content (AvgIpc) is 3.37. The standard InChI is InChI=1S/C18H22N4O2/c23-17(19-13-8-9-13)16-20-15(14-7-3-6-12-22(14)16)18(24)21-10-4-1-2-5-11-21/h3,6-7,12-13H,1-2,4-5,8-11H2,(H,19,23). The van der Waals surface area contributed by atoms with E-state index in [1.807, 2.05) is 23.1 Å². The molecule has 0 spiro atoms. The number of carbonyl (C=O) groups excluding carboxylic acids is 2. The summed E-state index contributed by atoms with van der Waals surface area (Å²) in [5, 5.41) is 2.96. The summed E-state index contributed by atoms with van der Waals surface area (Å²) in [6.07, 6.45) is 8.25. The highest BCUT2D eigenvalue weighted by atomic mass is 16.2. The Kier molecular flexibility index (Phi) is 3.96. The molecule has 24 heavy (non-hydrogen) atoms. The number of hydrogen-bond acceptors (Lipinski definition) is 3. The second-order valence-electron chi connectivity index (χ2n) is 6.69. The minimum absolute atomic E-state index is 0.0638. The van der Waals surface area contributed by atoms with Gasteiger partial charge in [-0.25, -0.2) is 4.98 Å². The molecule has 1 saturated carbocycles. The van der Waals surface area contributed by atoms with E-state index in [9.17, 15) is 9.59 Å². The first-order valence-electron chi connectivity index (χ1n) is 8.81. The lowest BCUT2D eigenvalue weighted by molar-refractivity contribution is 0.0758. The third-order valence-corrected chi connectivity index (χ3v) is 4.76. The predicted molar refractivity (Wildman–Crippen MR) is 90.1 cm³/mol. The van der Waals surface area contributed by atoms with Crippen LogP contribution in [0.1, 0.15) is 59.6 Å². The number of nitrogens with zero attached hydrogens (tertiary/aromatic N) is 3. The number of likely N-dealkylation sites (tertiary alicyclic amines) is 1. The number of amides is 2. The van der Waals surface area contributed by atoms with Crippen molar-refractivity contribution < 1.29 is 9.59 Å². The molecule has 1 saturated heterocycles. The quantitative estimate of drug-likeness (QED) is 0.941. The summed E-state index contributed by atoms with van der Waals surface area (Å²) in [4.78, 5) is 31.7. The van der Waals surface area contributed by atoms with Gasteiger partial charge >= 0.3 is 0 Å². The fourth-order valence-electron chi connectivity index (χ4n) is 3.26. The lowest BCUT2D eigenvalue weighted by Gasteiger charge is -2.19. The maximum atomic E-state index is 13.0. The van der Waals surface area contributed by atoms with Gasteiger partial charge in [0.15, 0.2) is 5.69 Å². The molecular weight excluding hydrogens is 304 g/mol. The maximum absolute atomic E-state index is 13.0. The number of carbonyl (C=O) groups is 2. The molecule has 1 aliphatic carbocycles. The Bertz CT molecular complexity index is 770.